The van der Waals surface area contributed by atoms with Crippen LogP contribution in [0.4, 0.5) is 15.4 Å². The molecule has 0 saturated carbocycles. The number of pyridine rings is 2. The largest absolute Gasteiger partial charge is 0.455 e. The molecule has 9 nitrogen and oxygen atoms in total. The lowest BCUT2D eigenvalue weighted by molar-refractivity contribution is 0.192. The third-order valence-corrected chi connectivity index (χ3v) is 7.35. The number of benzene rings is 1. The molecule has 4 amide bonds. The molecule has 1 aromatic carbocycles. The summed E-state index contributed by atoms with van der Waals surface area (Å²) < 4.78 is 6.11. The van der Waals surface area contributed by atoms with E-state index in [0.717, 1.165) is 24.3 Å². The van der Waals surface area contributed by atoms with Crippen LogP contribution in [0.1, 0.15) is 36.9 Å². The molecule has 2 fully saturated rings. The van der Waals surface area contributed by atoms with E-state index in [4.69, 9.17) is 4.74 Å². The monoisotopic (exact) mass is 514 g/mol. The van der Waals surface area contributed by atoms with Crippen molar-refractivity contribution in [2.75, 3.05) is 45.1 Å². The number of urea groups is 2. The van der Waals surface area contributed by atoms with Crippen LogP contribution in [0, 0.1) is 6.92 Å². The highest BCUT2D eigenvalue weighted by Crippen LogP contribution is 2.31. The van der Waals surface area contributed by atoms with Crippen LogP contribution >= 0.6 is 0 Å². The number of imide groups is 1. The van der Waals surface area contributed by atoms with Gasteiger partial charge in [-0.05, 0) is 76.5 Å². The summed E-state index contributed by atoms with van der Waals surface area (Å²) in [5, 5.41) is 2.71. The van der Waals surface area contributed by atoms with Gasteiger partial charge in [-0.2, -0.15) is 0 Å². The van der Waals surface area contributed by atoms with Crippen LogP contribution in [0.5, 0.6) is 11.5 Å². The van der Waals surface area contributed by atoms with Gasteiger partial charge >= 0.3 is 12.1 Å². The molecule has 198 valence electrons. The Balaban J connectivity index is 1.23. The minimum atomic E-state index is -0.480. The van der Waals surface area contributed by atoms with Gasteiger partial charge in [0.15, 0.2) is 0 Å². The highest BCUT2D eigenvalue weighted by molar-refractivity contribution is 6.01. The molecule has 38 heavy (non-hydrogen) atoms. The highest BCUT2D eigenvalue weighted by atomic mass is 16.5. The Kier molecular flexibility index (Phi) is 7.55. The Morgan fingerprint density at radius 2 is 1.82 bits per heavy atom. The summed E-state index contributed by atoms with van der Waals surface area (Å²) >= 11 is 0. The zero-order valence-electron chi connectivity index (χ0n) is 22.2. The molecule has 5 rings (SSSR count). The molecule has 9 heteroatoms. The van der Waals surface area contributed by atoms with Gasteiger partial charge in [-0.3, -0.25) is 10.3 Å². The van der Waals surface area contributed by atoms with Crippen molar-refractivity contribution in [2.24, 2.45) is 0 Å². The molecular formula is C29H34N6O3. The number of carbonyl (C=O) groups is 2. The van der Waals surface area contributed by atoms with Crippen LogP contribution in [-0.4, -0.2) is 76.5 Å². The van der Waals surface area contributed by atoms with Crippen LogP contribution in [0.2, 0.25) is 0 Å². The summed E-state index contributed by atoms with van der Waals surface area (Å²) in [4.78, 5) is 39.0. The van der Waals surface area contributed by atoms with E-state index in [1.165, 1.54) is 23.3 Å². The Hall–Kier alpha value is -3.98. The van der Waals surface area contributed by atoms with E-state index in [9.17, 15) is 9.59 Å². The van der Waals surface area contributed by atoms with Crippen molar-refractivity contribution in [3.63, 3.8) is 0 Å². The number of nitrogens with zero attached hydrogens (tertiary/aromatic N) is 5. The Morgan fingerprint density at radius 3 is 2.50 bits per heavy atom. The molecule has 0 aliphatic carbocycles. The van der Waals surface area contributed by atoms with E-state index in [0.29, 0.717) is 48.6 Å². The molecule has 1 N–H and O–H groups in total. The molecule has 0 spiro atoms. The highest BCUT2D eigenvalue weighted by Gasteiger charge is 2.32. The summed E-state index contributed by atoms with van der Waals surface area (Å²) in [6.45, 7) is 7.47. The first kappa shape index (κ1) is 25.7. The zero-order chi connectivity index (χ0) is 26.6. The van der Waals surface area contributed by atoms with Gasteiger partial charge in [-0.1, -0.05) is 24.3 Å². The predicted octanol–water partition coefficient (Wildman–Crippen LogP) is 5.34. The Labute approximate surface area is 223 Å². The fraction of sp³-hybridized carbons (Fsp3) is 0.379. The maximum atomic E-state index is 12.6. The van der Waals surface area contributed by atoms with E-state index in [1.807, 2.05) is 26.0 Å². The molecule has 2 aromatic heterocycles. The molecule has 0 bridgehead atoms. The van der Waals surface area contributed by atoms with Crippen LogP contribution in [0.3, 0.4) is 0 Å². The molecule has 0 atom stereocenters. The lowest BCUT2D eigenvalue weighted by atomic mass is 9.89. The number of likely N-dealkylation sites (N-methyl/N-ethyl adjacent to an activating group) is 1. The Morgan fingerprint density at radius 1 is 1.05 bits per heavy atom. The summed E-state index contributed by atoms with van der Waals surface area (Å²) in [6, 6.07) is 15.1. The lowest BCUT2D eigenvalue weighted by Crippen LogP contribution is -2.39. The van der Waals surface area contributed by atoms with Gasteiger partial charge < -0.3 is 14.5 Å². The molecule has 2 saturated heterocycles. The normalized spacial score (nSPS) is 16.7. The minimum absolute atomic E-state index is 0.286. The second-order valence-electron chi connectivity index (χ2n) is 9.90. The molecule has 0 radical (unpaired) electrons. The van der Waals surface area contributed by atoms with Gasteiger partial charge in [-0.25, -0.2) is 19.5 Å². The standard InChI is InChI=1S/C29H34N6O3/c1-4-34-17-18-35(29(34)37)28(36)32-27-10-9-26(20(2)31-27)38-24-11-14-30-25(19-24)23-7-5-21(6-8-23)22-12-15-33(3)16-13-22/h5-11,14,19,22H,4,12-13,15-18H2,1-3H3,(H,31,32,36). The number of piperidine rings is 1. The Bertz CT molecular complexity index is 1300. The van der Waals surface area contributed by atoms with Crippen molar-refractivity contribution < 1.29 is 14.3 Å². The van der Waals surface area contributed by atoms with Gasteiger partial charge in [-0.15, -0.1) is 0 Å². The molecular weight excluding hydrogens is 480 g/mol. The maximum absolute atomic E-state index is 12.6. The third-order valence-electron chi connectivity index (χ3n) is 7.35. The average molecular weight is 515 g/mol. The first-order valence-electron chi connectivity index (χ1n) is 13.2. The number of amides is 4. The van der Waals surface area contributed by atoms with Crippen LogP contribution in [0.15, 0.2) is 54.7 Å². The van der Waals surface area contributed by atoms with Crippen molar-refractivity contribution in [1.29, 1.82) is 0 Å². The third kappa shape index (κ3) is 5.62. The summed E-state index contributed by atoms with van der Waals surface area (Å²) in [6.07, 6.45) is 4.13. The number of ether oxygens (including phenoxy) is 1. The van der Waals surface area contributed by atoms with Crippen LogP contribution < -0.4 is 10.1 Å². The van der Waals surface area contributed by atoms with Crippen LogP contribution in [0.25, 0.3) is 11.3 Å². The summed E-state index contributed by atoms with van der Waals surface area (Å²) in [5.74, 6) is 2.21. The topological polar surface area (TPSA) is 90.9 Å². The van der Waals surface area contributed by atoms with E-state index < -0.39 is 6.03 Å². The van der Waals surface area contributed by atoms with E-state index in [2.05, 4.69) is 51.5 Å². The van der Waals surface area contributed by atoms with Gasteiger partial charge in [0.05, 0.1) is 11.4 Å². The quantitative estimate of drug-likeness (QED) is 0.477. The number of aromatic nitrogens is 2. The second kappa shape index (κ2) is 11.2. The van der Waals surface area contributed by atoms with Crippen molar-refractivity contribution in [3.8, 4) is 22.8 Å². The number of carbonyl (C=O) groups excluding carboxylic acids is 2. The van der Waals surface area contributed by atoms with Crippen molar-refractivity contribution in [1.82, 2.24) is 24.7 Å². The number of hydrogen-bond donors (Lipinski definition) is 1. The number of hydrogen-bond acceptors (Lipinski definition) is 6. The predicted molar refractivity (Wildman–Crippen MR) is 147 cm³/mol. The van der Waals surface area contributed by atoms with Gasteiger partial charge in [0.2, 0.25) is 0 Å². The first-order chi connectivity index (χ1) is 18.4. The molecule has 2 aliphatic heterocycles. The summed E-state index contributed by atoms with van der Waals surface area (Å²) in [5.41, 5.74) is 3.88. The number of rotatable bonds is 6. The average Bonchev–Trinajstić information content (AvgIpc) is 3.31. The number of aryl methyl sites for hydroxylation is 1. The molecule has 0 unspecified atom stereocenters. The van der Waals surface area contributed by atoms with Gasteiger partial charge in [0.1, 0.15) is 17.3 Å². The molecule has 3 aromatic rings. The zero-order valence-corrected chi connectivity index (χ0v) is 22.2. The number of nitrogens with one attached hydrogen (secondary N) is 1. The minimum Gasteiger partial charge on any atom is -0.455 e. The number of likely N-dealkylation sites (tertiary alicyclic amines) is 1. The van der Waals surface area contributed by atoms with Gasteiger partial charge in [0.25, 0.3) is 0 Å². The van der Waals surface area contributed by atoms with Crippen molar-refractivity contribution in [2.45, 2.75) is 32.6 Å². The van der Waals surface area contributed by atoms with E-state index in [1.54, 1.807) is 23.2 Å². The molecule has 4 heterocycles. The number of anilines is 1. The maximum Gasteiger partial charge on any atom is 0.331 e. The van der Waals surface area contributed by atoms with Gasteiger partial charge in [0, 0.05) is 37.5 Å². The fourth-order valence-corrected chi connectivity index (χ4v) is 4.99. The smallest absolute Gasteiger partial charge is 0.331 e. The second-order valence-corrected chi connectivity index (χ2v) is 9.90. The van der Waals surface area contributed by atoms with E-state index in [-0.39, 0.29) is 6.03 Å². The van der Waals surface area contributed by atoms with Crippen molar-refractivity contribution in [3.05, 3.63) is 66.0 Å². The van der Waals surface area contributed by atoms with Crippen molar-refractivity contribution >= 4 is 17.9 Å². The summed E-state index contributed by atoms with van der Waals surface area (Å²) in [7, 11) is 2.18. The fourth-order valence-electron chi connectivity index (χ4n) is 4.99. The first-order valence-corrected chi connectivity index (χ1v) is 13.2. The van der Waals surface area contributed by atoms with E-state index >= 15 is 0 Å². The van der Waals surface area contributed by atoms with Crippen LogP contribution in [-0.2, 0) is 0 Å². The molecule has 2 aliphatic rings. The lowest BCUT2D eigenvalue weighted by Gasteiger charge is -2.29. The SMILES string of the molecule is CCN1CCN(C(=O)Nc2ccc(Oc3ccnc(-c4ccc(C5CCN(C)CC5)cc4)c3)c(C)n2)C1=O.